The number of carbonyl (C=O) groups is 1. The maximum Gasteiger partial charge on any atom is 0.362 e. The Morgan fingerprint density at radius 1 is 1.16 bits per heavy atom. The van der Waals surface area contributed by atoms with Crippen LogP contribution in [0.1, 0.15) is 17.4 Å². The molecule has 3 rings (SSSR count). The van der Waals surface area contributed by atoms with Crippen LogP contribution in [0, 0.1) is 5.82 Å². The van der Waals surface area contributed by atoms with E-state index in [0.29, 0.717) is 6.07 Å². The van der Waals surface area contributed by atoms with Crippen molar-refractivity contribution in [1.29, 1.82) is 0 Å². The van der Waals surface area contributed by atoms with Gasteiger partial charge in [0.15, 0.2) is 10.6 Å². The molecular formula is C20H16ClFN2O7S. The molecule has 1 heterocycles. The van der Waals surface area contributed by atoms with Crippen LogP contribution >= 0.6 is 11.6 Å². The topological polar surface area (TPSA) is 114 Å². The molecule has 0 amide bonds. The summed E-state index contributed by atoms with van der Waals surface area (Å²) in [7, 11) is -3.56. The Kier molecular flexibility index (Phi) is 6.80. The summed E-state index contributed by atoms with van der Waals surface area (Å²) < 4.78 is 54.9. The standard InChI is InChI=1S/C20H16ClFN2O7S/c1-3-30-20(26)19-16(11-18(25)24(23-19)14-7-5-4-6-13(14)21)31-32(27,28)17-10-12(22)8-9-15(17)29-2/h4-11H,3H2,1-2H3. The Hall–Kier alpha value is -3.44. The second-order valence-corrected chi connectivity index (χ2v) is 8.03. The number of benzene rings is 2. The van der Waals surface area contributed by atoms with Gasteiger partial charge >= 0.3 is 16.1 Å². The van der Waals surface area contributed by atoms with E-state index in [1.807, 2.05) is 0 Å². The zero-order valence-corrected chi connectivity index (χ0v) is 18.3. The summed E-state index contributed by atoms with van der Waals surface area (Å²) in [6, 6.07) is 9.69. The van der Waals surface area contributed by atoms with E-state index in [-0.39, 0.29) is 23.1 Å². The van der Waals surface area contributed by atoms with Crippen LogP contribution in [0.15, 0.2) is 58.2 Å². The lowest BCUT2D eigenvalue weighted by molar-refractivity contribution is 0.0515. The molecule has 1 aromatic heterocycles. The largest absolute Gasteiger partial charge is 0.495 e. The molecule has 2 aromatic carbocycles. The van der Waals surface area contributed by atoms with Gasteiger partial charge in [0.1, 0.15) is 11.6 Å². The highest BCUT2D eigenvalue weighted by Crippen LogP contribution is 2.29. The predicted molar refractivity (Wildman–Crippen MR) is 112 cm³/mol. The van der Waals surface area contributed by atoms with E-state index in [9.17, 15) is 22.4 Å². The molecule has 0 spiro atoms. The van der Waals surface area contributed by atoms with Crippen molar-refractivity contribution in [1.82, 2.24) is 9.78 Å². The van der Waals surface area contributed by atoms with Gasteiger partial charge in [0.2, 0.25) is 5.69 Å². The lowest BCUT2D eigenvalue weighted by atomic mass is 10.3. The second-order valence-electron chi connectivity index (χ2n) is 6.11. The first-order valence-electron chi connectivity index (χ1n) is 9.02. The van der Waals surface area contributed by atoms with Gasteiger partial charge in [-0.25, -0.2) is 9.18 Å². The molecule has 32 heavy (non-hydrogen) atoms. The minimum absolute atomic E-state index is 0.0599. The average molecular weight is 483 g/mol. The van der Waals surface area contributed by atoms with Gasteiger partial charge in [-0.3, -0.25) is 4.79 Å². The van der Waals surface area contributed by atoms with Crippen molar-refractivity contribution >= 4 is 27.7 Å². The molecule has 0 radical (unpaired) electrons. The lowest BCUT2D eigenvalue weighted by Gasteiger charge is -2.14. The molecule has 0 bridgehead atoms. The normalized spacial score (nSPS) is 11.1. The molecule has 0 saturated carbocycles. The van der Waals surface area contributed by atoms with Gasteiger partial charge < -0.3 is 13.7 Å². The fourth-order valence-electron chi connectivity index (χ4n) is 2.65. The Balaban J connectivity index is 2.17. The molecule has 0 saturated heterocycles. The van der Waals surface area contributed by atoms with Crippen LogP contribution in [0.3, 0.4) is 0 Å². The average Bonchev–Trinajstić information content (AvgIpc) is 2.74. The van der Waals surface area contributed by atoms with Crippen LogP contribution in [-0.2, 0) is 14.9 Å². The quantitative estimate of drug-likeness (QED) is 0.373. The van der Waals surface area contributed by atoms with E-state index in [1.54, 1.807) is 12.1 Å². The van der Waals surface area contributed by atoms with Gasteiger partial charge in [0, 0.05) is 0 Å². The van der Waals surface area contributed by atoms with Gasteiger partial charge in [-0.05, 0) is 37.3 Å². The number of halogens is 2. The molecule has 3 aromatic rings. The molecule has 0 aliphatic carbocycles. The summed E-state index contributed by atoms with van der Waals surface area (Å²) in [6.07, 6.45) is 0. The van der Waals surface area contributed by atoms with Crippen molar-refractivity contribution < 1.29 is 31.3 Å². The van der Waals surface area contributed by atoms with Gasteiger partial charge in [-0.1, -0.05) is 23.7 Å². The van der Waals surface area contributed by atoms with Crippen LogP contribution in [0.5, 0.6) is 11.5 Å². The van der Waals surface area contributed by atoms with Crippen LogP contribution < -0.4 is 14.5 Å². The highest BCUT2D eigenvalue weighted by atomic mass is 35.5. The molecule has 0 aliphatic heterocycles. The lowest BCUT2D eigenvalue weighted by Crippen LogP contribution is -2.26. The molecule has 9 nitrogen and oxygen atoms in total. The van der Waals surface area contributed by atoms with Crippen LogP contribution in [0.2, 0.25) is 5.02 Å². The zero-order valence-electron chi connectivity index (χ0n) is 16.7. The summed E-state index contributed by atoms with van der Waals surface area (Å²) in [5, 5.41) is 4.07. The van der Waals surface area contributed by atoms with Crippen molar-refractivity contribution in [3.63, 3.8) is 0 Å². The number of rotatable bonds is 7. The van der Waals surface area contributed by atoms with Gasteiger partial charge in [0.25, 0.3) is 5.56 Å². The first kappa shape index (κ1) is 23.2. The Bertz CT molecular complexity index is 1340. The first-order valence-corrected chi connectivity index (χ1v) is 10.8. The molecule has 168 valence electrons. The predicted octanol–water partition coefficient (Wildman–Crippen LogP) is 2.98. The number of hydrogen-bond acceptors (Lipinski definition) is 8. The van der Waals surface area contributed by atoms with Crippen LogP contribution in [0.25, 0.3) is 5.69 Å². The SMILES string of the molecule is CCOC(=O)c1nn(-c2ccccc2Cl)c(=O)cc1OS(=O)(=O)c1cc(F)ccc1OC. The van der Waals surface area contributed by atoms with Crippen molar-refractivity contribution in [3.8, 4) is 17.2 Å². The van der Waals surface area contributed by atoms with E-state index in [0.717, 1.165) is 22.9 Å². The number of carbonyl (C=O) groups excluding carboxylic acids is 1. The third kappa shape index (κ3) is 4.73. The Labute approximate surface area is 187 Å². The van der Waals surface area contributed by atoms with Crippen molar-refractivity contribution in [2.24, 2.45) is 0 Å². The van der Waals surface area contributed by atoms with Gasteiger partial charge in [0.05, 0.1) is 30.5 Å². The molecule has 12 heteroatoms. The summed E-state index contributed by atoms with van der Waals surface area (Å²) >= 11 is 6.11. The molecule has 0 N–H and O–H groups in total. The van der Waals surface area contributed by atoms with E-state index < -0.39 is 43.8 Å². The molecule has 0 atom stereocenters. The maximum atomic E-state index is 13.7. The summed E-state index contributed by atoms with van der Waals surface area (Å²) in [5.41, 5.74) is -1.31. The highest BCUT2D eigenvalue weighted by molar-refractivity contribution is 7.87. The fourth-order valence-corrected chi connectivity index (χ4v) is 3.97. The number of nitrogens with zero attached hydrogens (tertiary/aromatic N) is 2. The fraction of sp³-hybridized carbons (Fsp3) is 0.150. The molecule has 0 fully saturated rings. The van der Waals surface area contributed by atoms with Crippen molar-refractivity contribution in [3.05, 3.63) is 75.4 Å². The van der Waals surface area contributed by atoms with Crippen molar-refractivity contribution in [2.75, 3.05) is 13.7 Å². The number of esters is 1. The Morgan fingerprint density at radius 2 is 1.88 bits per heavy atom. The summed E-state index contributed by atoms with van der Waals surface area (Å²) in [6.45, 7) is 1.46. The Morgan fingerprint density at radius 3 is 2.53 bits per heavy atom. The van der Waals surface area contributed by atoms with Crippen LogP contribution in [-0.4, -0.2) is 37.9 Å². The highest BCUT2D eigenvalue weighted by Gasteiger charge is 2.28. The van der Waals surface area contributed by atoms with E-state index in [4.69, 9.17) is 25.3 Å². The molecule has 0 unspecified atom stereocenters. The van der Waals surface area contributed by atoms with Crippen LogP contribution in [0.4, 0.5) is 4.39 Å². The van der Waals surface area contributed by atoms with Gasteiger partial charge in [-0.2, -0.15) is 18.2 Å². The number of methoxy groups -OCH3 is 1. The third-order valence-corrected chi connectivity index (χ3v) is 5.62. The van der Waals surface area contributed by atoms with Crippen molar-refractivity contribution in [2.45, 2.75) is 11.8 Å². The maximum absolute atomic E-state index is 13.7. The zero-order chi connectivity index (χ0) is 23.5. The molecule has 0 aliphatic rings. The number of ether oxygens (including phenoxy) is 2. The van der Waals surface area contributed by atoms with E-state index in [2.05, 4.69) is 5.10 Å². The minimum Gasteiger partial charge on any atom is -0.495 e. The van der Waals surface area contributed by atoms with E-state index >= 15 is 0 Å². The first-order chi connectivity index (χ1) is 15.2. The van der Waals surface area contributed by atoms with E-state index in [1.165, 1.54) is 26.2 Å². The van der Waals surface area contributed by atoms with Gasteiger partial charge in [-0.15, -0.1) is 0 Å². The summed E-state index contributed by atoms with van der Waals surface area (Å²) in [5.74, 6) is -2.83. The number of aromatic nitrogens is 2. The summed E-state index contributed by atoms with van der Waals surface area (Å²) in [4.78, 5) is 24.5. The smallest absolute Gasteiger partial charge is 0.362 e. The second kappa shape index (κ2) is 9.37. The third-order valence-electron chi connectivity index (χ3n) is 4.04. The number of para-hydroxylation sites is 1. The minimum atomic E-state index is -4.74. The monoisotopic (exact) mass is 482 g/mol. The number of hydrogen-bond donors (Lipinski definition) is 0. The molecular weight excluding hydrogens is 467 g/mol.